The molecule has 1 aromatic rings. The number of benzene rings is 1. The van der Waals surface area contributed by atoms with Gasteiger partial charge in [-0.2, -0.15) is 0 Å². The van der Waals surface area contributed by atoms with Crippen molar-refractivity contribution in [2.24, 2.45) is 0 Å². The zero-order valence-corrected chi connectivity index (χ0v) is 8.66. The zero-order valence-electron chi connectivity index (χ0n) is 8.66. The van der Waals surface area contributed by atoms with E-state index in [4.69, 9.17) is 4.74 Å². The van der Waals surface area contributed by atoms with Crippen molar-refractivity contribution in [1.82, 2.24) is 0 Å². The van der Waals surface area contributed by atoms with E-state index < -0.39 is 11.6 Å². The Kier molecular flexibility index (Phi) is 3.66. The summed E-state index contributed by atoms with van der Waals surface area (Å²) < 4.78 is 18.0. The summed E-state index contributed by atoms with van der Waals surface area (Å²) in [7, 11) is 1.35. The van der Waals surface area contributed by atoms with E-state index in [1.165, 1.54) is 19.2 Å². The third kappa shape index (κ3) is 2.46. The van der Waals surface area contributed by atoms with Crippen LogP contribution >= 0.6 is 0 Å². The molecule has 1 N–H and O–H groups in total. The largest absolute Gasteiger partial charge is 0.502 e. The predicted octanol–water partition coefficient (Wildman–Crippen LogP) is 2.23. The summed E-state index contributed by atoms with van der Waals surface area (Å²) in [4.78, 5) is 10.3. The van der Waals surface area contributed by atoms with Gasteiger partial charge in [-0.3, -0.25) is 0 Å². The van der Waals surface area contributed by atoms with Crippen LogP contribution in [0.4, 0.5) is 4.39 Å². The highest BCUT2D eigenvalue weighted by Gasteiger charge is 2.13. The van der Waals surface area contributed by atoms with E-state index in [0.717, 1.165) is 6.29 Å². The molecule has 82 valence electrons. The number of halogens is 1. The van der Waals surface area contributed by atoms with Crippen molar-refractivity contribution in [1.29, 1.82) is 0 Å². The molecule has 15 heavy (non-hydrogen) atoms. The highest BCUT2D eigenvalue weighted by Crippen LogP contribution is 2.33. The Morgan fingerprint density at radius 2 is 2.27 bits per heavy atom. The SMILES string of the molecule is COc1cc(C(C)CC=O)cc(F)c1O. The Hall–Kier alpha value is -1.58. The highest BCUT2D eigenvalue weighted by molar-refractivity contribution is 5.52. The van der Waals surface area contributed by atoms with Crippen LogP contribution in [0.15, 0.2) is 12.1 Å². The molecule has 1 rings (SSSR count). The number of hydrogen-bond acceptors (Lipinski definition) is 3. The second-order valence-corrected chi connectivity index (χ2v) is 3.36. The Balaban J connectivity index is 3.10. The van der Waals surface area contributed by atoms with Gasteiger partial charge in [-0.1, -0.05) is 6.92 Å². The number of ether oxygens (including phenoxy) is 1. The van der Waals surface area contributed by atoms with E-state index in [1.807, 2.05) is 0 Å². The minimum atomic E-state index is -0.734. The monoisotopic (exact) mass is 212 g/mol. The number of aldehydes is 1. The third-order valence-electron chi connectivity index (χ3n) is 2.29. The fourth-order valence-corrected chi connectivity index (χ4v) is 1.31. The number of phenols is 1. The number of phenolic OH excluding ortho intramolecular Hbond substituents is 1. The molecule has 0 aliphatic heterocycles. The van der Waals surface area contributed by atoms with E-state index in [2.05, 4.69) is 0 Å². The van der Waals surface area contributed by atoms with E-state index in [-0.39, 0.29) is 11.7 Å². The fourth-order valence-electron chi connectivity index (χ4n) is 1.31. The second-order valence-electron chi connectivity index (χ2n) is 3.36. The van der Waals surface area contributed by atoms with E-state index >= 15 is 0 Å². The summed E-state index contributed by atoms with van der Waals surface area (Å²) in [6, 6.07) is 2.75. The molecule has 1 atom stereocenters. The molecule has 0 aliphatic rings. The number of rotatable bonds is 4. The number of methoxy groups -OCH3 is 1. The first kappa shape index (κ1) is 11.5. The predicted molar refractivity (Wildman–Crippen MR) is 53.7 cm³/mol. The molecule has 0 aromatic heterocycles. The van der Waals surface area contributed by atoms with Crippen LogP contribution in [0.5, 0.6) is 11.5 Å². The van der Waals surface area contributed by atoms with Crippen LogP contribution in [0.1, 0.15) is 24.8 Å². The lowest BCUT2D eigenvalue weighted by Crippen LogP contribution is -1.97. The molecule has 0 fully saturated rings. The number of carbonyl (C=O) groups is 1. The molecule has 0 radical (unpaired) electrons. The lowest BCUT2D eigenvalue weighted by atomic mass is 9.98. The van der Waals surface area contributed by atoms with Crippen LogP contribution in [0.2, 0.25) is 0 Å². The zero-order chi connectivity index (χ0) is 11.4. The van der Waals surface area contributed by atoms with Crippen LogP contribution < -0.4 is 4.74 Å². The molecule has 0 aliphatic carbocycles. The van der Waals surface area contributed by atoms with Crippen molar-refractivity contribution in [3.63, 3.8) is 0 Å². The standard InChI is InChI=1S/C11H13FO3/c1-7(3-4-13)8-5-9(12)11(14)10(6-8)15-2/h4-7,14H,3H2,1-2H3. The summed E-state index contributed by atoms with van der Waals surface area (Å²) in [6.45, 7) is 1.81. The van der Waals surface area contributed by atoms with Crippen molar-refractivity contribution in [2.75, 3.05) is 7.11 Å². The van der Waals surface area contributed by atoms with Gasteiger partial charge < -0.3 is 14.6 Å². The van der Waals surface area contributed by atoms with Crippen molar-refractivity contribution >= 4 is 6.29 Å². The molecule has 3 nitrogen and oxygen atoms in total. The average molecular weight is 212 g/mol. The highest BCUT2D eigenvalue weighted by atomic mass is 19.1. The van der Waals surface area contributed by atoms with Gasteiger partial charge in [-0.05, 0) is 23.6 Å². The molecule has 0 amide bonds. The molecule has 4 heteroatoms. The fraction of sp³-hybridized carbons (Fsp3) is 0.364. The van der Waals surface area contributed by atoms with Gasteiger partial charge in [0.15, 0.2) is 17.3 Å². The molecule has 1 unspecified atom stereocenters. The van der Waals surface area contributed by atoms with Crippen molar-refractivity contribution in [3.05, 3.63) is 23.5 Å². The Labute approximate surface area is 87.5 Å². The minimum absolute atomic E-state index is 0.0859. The number of carbonyl (C=O) groups excluding carboxylic acids is 1. The van der Waals surface area contributed by atoms with Crippen LogP contribution in [0.25, 0.3) is 0 Å². The quantitative estimate of drug-likeness (QED) is 0.778. The molecule has 1 aromatic carbocycles. The van der Waals surface area contributed by atoms with Gasteiger partial charge in [-0.25, -0.2) is 4.39 Å². The third-order valence-corrected chi connectivity index (χ3v) is 2.29. The molecule has 0 saturated carbocycles. The van der Waals surface area contributed by atoms with Crippen molar-refractivity contribution < 1.29 is 19.0 Å². The van der Waals surface area contributed by atoms with Crippen LogP contribution in [-0.4, -0.2) is 18.5 Å². The number of aromatic hydroxyl groups is 1. The molecule has 0 bridgehead atoms. The van der Waals surface area contributed by atoms with Gasteiger partial charge >= 0.3 is 0 Å². The Morgan fingerprint density at radius 3 is 2.80 bits per heavy atom. The summed E-state index contributed by atoms with van der Waals surface area (Å²) in [5, 5.41) is 9.26. The van der Waals surface area contributed by atoms with Gasteiger partial charge in [0.05, 0.1) is 7.11 Å². The molecular formula is C11H13FO3. The summed E-state index contributed by atoms with van der Waals surface area (Å²) >= 11 is 0. The topological polar surface area (TPSA) is 46.5 Å². The number of hydrogen-bond donors (Lipinski definition) is 1. The first-order valence-corrected chi connectivity index (χ1v) is 4.60. The van der Waals surface area contributed by atoms with E-state index in [0.29, 0.717) is 12.0 Å². The summed E-state index contributed by atoms with van der Waals surface area (Å²) in [6.07, 6.45) is 1.09. The van der Waals surface area contributed by atoms with Crippen molar-refractivity contribution in [3.8, 4) is 11.5 Å². The van der Waals surface area contributed by atoms with Crippen LogP contribution in [-0.2, 0) is 4.79 Å². The van der Waals surface area contributed by atoms with Crippen molar-refractivity contribution in [2.45, 2.75) is 19.3 Å². The normalized spacial score (nSPS) is 12.2. The second kappa shape index (κ2) is 4.77. The lowest BCUT2D eigenvalue weighted by Gasteiger charge is -2.11. The Bertz CT molecular complexity index is 363. The summed E-state index contributed by atoms with van der Waals surface area (Å²) in [5.74, 6) is -1.24. The molecule has 0 heterocycles. The lowest BCUT2D eigenvalue weighted by molar-refractivity contribution is -0.108. The first-order chi connectivity index (χ1) is 7.10. The van der Waals surface area contributed by atoms with Gasteiger partial charge in [0, 0.05) is 6.42 Å². The Morgan fingerprint density at radius 1 is 1.60 bits per heavy atom. The average Bonchev–Trinajstić information content (AvgIpc) is 2.22. The molecule has 0 saturated heterocycles. The summed E-state index contributed by atoms with van der Waals surface area (Å²) in [5.41, 5.74) is 0.634. The van der Waals surface area contributed by atoms with Gasteiger partial charge in [-0.15, -0.1) is 0 Å². The maximum atomic E-state index is 13.2. The van der Waals surface area contributed by atoms with E-state index in [9.17, 15) is 14.3 Å². The van der Waals surface area contributed by atoms with Crippen LogP contribution in [0.3, 0.4) is 0 Å². The van der Waals surface area contributed by atoms with E-state index in [1.54, 1.807) is 6.92 Å². The van der Waals surface area contributed by atoms with Crippen LogP contribution in [0, 0.1) is 5.82 Å². The molecule has 0 spiro atoms. The molecular weight excluding hydrogens is 199 g/mol. The first-order valence-electron chi connectivity index (χ1n) is 4.60. The van der Waals surface area contributed by atoms with Gasteiger partial charge in [0.25, 0.3) is 0 Å². The smallest absolute Gasteiger partial charge is 0.194 e. The maximum Gasteiger partial charge on any atom is 0.194 e. The van der Waals surface area contributed by atoms with Gasteiger partial charge in [0.2, 0.25) is 0 Å². The minimum Gasteiger partial charge on any atom is -0.502 e. The van der Waals surface area contributed by atoms with Gasteiger partial charge in [0.1, 0.15) is 6.29 Å². The maximum absolute atomic E-state index is 13.2.